The number of unbranched alkanes of at least 4 members (excludes halogenated alkanes) is 4. The summed E-state index contributed by atoms with van der Waals surface area (Å²) >= 11 is 0. The van der Waals surface area contributed by atoms with Crippen molar-refractivity contribution in [1.82, 2.24) is 5.32 Å². The molecule has 1 aromatic rings. The standard InChI is InChI=1S/C30H50N2O12S2/c1-3-25-30(2,22-19-21(46(40,41)42)11-12-23(22)32(25)16-10-18-45(37,38)39)13-6-4-5-7-14-31-15-8-9-17-43-29-28(36)27(35)26(34)24(20-33)44-29/h3,11-12,19,24,26-29,31,33-36H,4-10,13-18,20H2,1-2H3,(H,37,38,39)(H,40,41,42)/b25-3+/t24-,26-,27+,28+,29+,30?/m1/s1. The molecule has 2 heterocycles. The number of rotatable bonds is 19. The molecule has 2 aliphatic heterocycles. The van der Waals surface area contributed by atoms with E-state index >= 15 is 0 Å². The lowest BCUT2D eigenvalue weighted by atomic mass is 9.77. The van der Waals surface area contributed by atoms with Gasteiger partial charge in [-0.1, -0.05) is 25.3 Å². The summed E-state index contributed by atoms with van der Waals surface area (Å²) in [6.07, 6.45) is 1.68. The van der Waals surface area contributed by atoms with E-state index in [9.17, 15) is 46.4 Å². The molecule has 0 amide bonds. The van der Waals surface area contributed by atoms with E-state index in [2.05, 4.69) is 5.32 Å². The van der Waals surface area contributed by atoms with Gasteiger partial charge < -0.3 is 40.1 Å². The van der Waals surface area contributed by atoms with Gasteiger partial charge in [-0.05, 0) is 82.8 Å². The molecule has 264 valence electrons. The molecule has 2 aliphatic rings. The number of nitrogens with zero attached hydrogens (tertiary/aromatic N) is 1. The highest BCUT2D eigenvalue weighted by atomic mass is 32.2. The topological polar surface area (TPSA) is 223 Å². The van der Waals surface area contributed by atoms with Gasteiger partial charge >= 0.3 is 0 Å². The van der Waals surface area contributed by atoms with Crippen LogP contribution in [0.15, 0.2) is 34.9 Å². The van der Waals surface area contributed by atoms with E-state index in [0.717, 1.165) is 62.1 Å². The Balaban J connectivity index is 1.41. The van der Waals surface area contributed by atoms with Crippen LogP contribution in [0.2, 0.25) is 0 Å². The van der Waals surface area contributed by atoms with Crippen molar-refractivity contribution in [3.63, 3.8) is 0 Å². The number of ether oxygens (including phenoxy) is 2. The molecule has 14 nitrogen and oxygen atoms in total. The fourth-order valence-corrected chi connectivity index (χ4v) is 7.27. The predicted molar refractivity (Wildman–Crippen MR) is 171 cm³/mol. The zero-order chi connectivity index (χ0) is 34.1. The van der Waals surface area contributed by atoms with Crippen molar-refractivity contribution >= 4 is 25.9 Å². The lowest BCUT2D eigenvalue weighted by Gasteiger charge is -2.39. The zero-order valence-corrected chi connectivity index (χ0v) is 28.1. The highest BCUT2D eigenvalue weighted by Gasteiger charge is 2.44. The van der Waals surface area contributed by atoms with Crippen LogP contribution < -0.4 is 10.2 Å². The number of benzene rings is 1. The van der Waals surface area contributed by atoms with Crippen LogP contribution in [0.25, 0.3) is 0 Å². The summed E-state index contributed by atoms with van der Waals surface area (Å²) in [5.74, 6) is -0.389. The minimum absolute atomic E-state index is 0.185. The van der Waals surface area contributed by atoms with Crippen molar-refractivity contribution in [2.24, 2.45) is 0 Å². The third kappa shape index (κ3) is 10.2. The predicted octanol–water partition coefficient (Wildman–Crippen LogP) is 1.33. The molecule has 3 rings (SSSR count). The monoisotopic (exact) mass is 694 g/mol. The molecule has 0 aliphatic carbocycles. The summed E-state index contributed by atoms with van der Waals surface area (Å²) in [7, 11) is -8.54. The van der Waals surface area contributed by atoms with Crippen LogP contribution in [0, 0.1) is 0 Å². The number of hydrogen-bond acceptors (Lipinski definition) is 12. The highest BCUT2D eigenvalue weighted by Crippen LogP contribution is 2.51. The van der Waals surface area contributed by atoms with Crippen molar-refractivity contribution in [2.45, 2.75) is 106 Å². The summed E-state index contributed by atoms with van der Waals surface area (Å²) in [4.78, 5) is 1.77. The Morgan fingerprint density at radius 2 is 1.63 bits per heavy atom. The molecular formula is C30H50N2O12S2. The molecule has 6 atom stereocenters. The average Bonchev–Trinajstić information content (AvgIpc) is 3.22. The number of aliphatic hydroxyl groups is 4. The number of fused-ring (bicyclic) bond motifs is 1. The molecule has 0 bridgehead atoms. The van der Waals surface area contributed by atoms with Gasteiger partial charge in [-0.15, -0.1) is 0 Å². The lowest BCUT2D eigenvalue weighted by Crippen LogP contribution is -2.59. The first-order chi connectivity index (χ1) is 21.6. The molecule has 0 spiro atoms. The SMILES string of the molecule is C/C=C1/N(CCCS(=O)(=O)O)c2ccc(S(=O)(=O)O)cc2C1(C)CCCCCCNCCCCO[C@H]1O[C@H](CO)[C@@H](O)[C@H](O)[C@@H]1O. The summed E-state index contributed by atoms with van der Waals surface area (Å²) in [6, 6.07) is 4.47. The third-order valence-electron chi connectivity index (χ3n) is 8.72. The van der Waals surface area contributed by atoms with Gasteiger partial charge in [-0.2, -0.15) is 16.8 Å². The fraction of sp³-hybridized carbons (Fsp3) is 0.733. The molecule has 46 heavy (non-hydrogen) atoms. The smallest absolute Gasteiger partial charge is 0.294 e. The zero-order valence-electron chi connectivity index (χ0n) is 26.5. The molecule has 0 radical (unpaired) electrons. The Morgan fingerprint density at radius 3 is 2.26 bits per heavy atom. The first-order valence-corrected chi connectivity index (χ1v) is 18.8. The number of aliphatic hydroxyl groups excluding tert-OH is 4. The van der Waals surface area contributed by atoms with Crippen molar-refractivity contribution in [3.8, 4) is 0 Å². The largest absolute Gasteiger partial charge is 0.394 e. The van der Waals surface area contributed by atoms with Crippen molar-refractivity contribution in [2.75, 3.05) is 43.5 Å². The van der Waals surface area contributed by atoms with Crippen LogP contribution in [0.5, 0.6) is 0 Å². The van der Waals surface area contributed by atoms with Crippen LogP contribution in [0.1, 0.15) is 70.8 Å². The molecule has 1 unspecified atom stereocenters. The van der Waals surface area contributed by atoms with Gasteiger partial charge in [0.15, 0.2) is 6.29 Å². The number of allylic oxidation sites excluding steroid dienone is 2. The fourth-order valence-electron chi connectivity index (χ4n) is 6.27. The molecule has 0 saturated carbocycles. The van der Waals surface area contributed by atoms with Crippen LogP contribution >= 0.6 is 0 Å². The molecule has 1 saturated heterocycles. The Kier molecular flexibility index (Phi) is 14.4. The summed E-state index contributed by atoms with van der Waals surface area (Å²) < 4.78 is 76.1. The van der Waals surface area contributed by atoms with Crippen LogP contribution in [-0.4, -0.2) is 116 Å². The van der Waals surface area contributed by atoms with Gasteiger partial charge in [0.25, 0.3) is 20.2 Å². The van der Waals surface area contributed by atoms with E-state index in [4.69, 9.17) is 9.47 Å². The van der Waals surface area contributed by atoms with E-state index in [-0.39, 0.29) is 23.7 Å². The third-order valence-corrected chi connectivity index (χ3v) is 10.4. The number of nitrogens with one attached hydrogen (secondary N) is 1. The van der Waals surface area contributed by atoms with Crippen molar-refractivity contribution in [3.05, 3.63) is 35.5 Å². The van der Waals surface area contributed by atoms with Gasteiger partial charge in [0, 0.05) is 30.0 Å². The van der Waals surface area contributed by atoms with Crippen LogP contribution in [0.4, 0.5) is 5.69 Å². The molecule has 7 N–H and O–H groups in total. The van der Waals surface area contributed by atoms with E-state index in [1.54, 1.807) is 6.07 Å². The van der Waals surface area contributed by atoms with E-state index in [1.165, 1.54) is 12.1 Å². The van der Waals surface area contributed by atoms with Crippen molar-refractivity contribution in [1.29, 1.82) is 0 Å². The van der Waals surface area contributed by atoms with E-state index in [0.29, 0.717) is 19.4 Å². The van der Waals surface area contributed by atoms with Gasteiger partial charge in [0.2, 0.25) is 0 Å². The second-order valence-corrected chi connectivity index (χ2v) is 15.1. The second-order valence-electron chi connectivity index (χ2n) is 12.1. The highest BCUT2D eigenvalue weighted by molar-refractivity contribution is 7.86. The van der Waals surface area contributed by atoms with Gasteiger partial charge in [-0.25, -0.2) is 0 Å². The van der Waals surface area contributed by atoms with E-state index in [1.807, 2.05) is 24.8 Å². The normalized spacial score (nSPS) is 27.8. The Morgan fingerprint density at radius 1 is 0.957 bits per heavy atom. The van der Waals surface area contributed by atoms with Crippen LogP contribution in [-0.2, 0) is 35.1 Å². The Labute approximate surface area is 271 Å². The maximum atomic E-state index is 11.9. The van der Waals surface area contributed by atoms with Gasteiger partial charge in [0.1, 0.15) is 24.4 Å². The Bertz CT molecular complexity index is 1370. The first-order valence-electron chi connectivity index (χ1n) is 15.8. The minimum Gasteiger partial charge on any atom is -0.394 e. The average molecular weight is 695 g/mol. The van der Waals surface area contributed by atoms with Crippen molar-refractivity contribution < 1.29 is 55.8 Å². The lowest BCUT2D eigenvalue weighted by molar-refractivity contribution is -0.301. The number of hydrogen-bond donors (Lipinski definition) is 7. The summed E-state index contributed by atoms with van der Waals surface area (Å²) in [5, 5.41) is 42.3. The Hall–Kier alpha value is -1.70. The maximum absolute atomic E-state index is 11.9. The second kappa shape index (κ2) is 17.1. The molecule has 0 aromatic heterocycles. The quantitative estimate of drug-likeness (QED) is 0.0802. The minimum atomic E-state index is -4.42. The van der Waals surface area contributed by atoms with Gasteiger partial charge in [0.05, 0.1) is 17.3 Å². The summed E-state index contributed by atoms with van der Waals surface area (Å²) in [6.45, 7) is 5.60. The first kappa shape index (κ1) is 38.7. The van der Waals surface area contributed by atoms with Gasteiger partial charge in [-0.3, -0.25) is 9.11 Å². The van der Waals surface area contributed by atoms with E-state index < -0.39 is 63.0 Å². The maximum Gasteiger partial charge on any atom is 0.294 e. The molecule has 1 fully saturated rings. The molecule has 16 heteroatoms. The number of anilines is 1. The summed E-state index contributed by atoms with van der Waals surface area (Å²) in [5.41, 5.74) is 1.86. The molecular weight excluding hydrogens is 644 g/mol. The molecule has 1 aromatic carbocycles. The van der Waals surface area contributed by atoms with Crippen LogP contribution in [0.3, 0.4) is 0 Å².